The van der Waals surface area contributed by atoms with Crippen molar-refractivity contribution in [1.29, 1.82) is 0 Å². The summed E-state index contributed by atoms with van der Waals surface area (Å²) in [5.41, 5.74) is -0.248. The van der Waals surface area contributed by atoms with Crippen molar-refractivity contribution in [2.45, 2.75) is 18.9 Å². The number of amides is 1. The molecule has 1 amide bonds. The van der Waals surface area contributed by atoms with E-state index >= 15 is 0 Å². The first kappa shape index (κ1) is 16.0. The number of halogens is 1. The summed E-state index contributed by atoms with van der Waals surface area (Å²) in [5, 5.41) is 6.20. The molecule has 0 saturated carbocycles. The normalized spacial score (nSPS) is 21.3. The highest BCUT2D eigenvalue weighted by Crippen LogP contribution is 2.22. The molecule has 1 aliphatic rings. The van der Waals surface area contributed by atoms with Crippen molar-refractivity contribution in [1.82, 2.24) is 10.3 Å². The molecule has 1 fully saturated rings. The number of rotatable bonds is 6. The number of hydrogen-bond acceptors (Lipinski definition) is 5. The lowest BCUT2D eigenvalue weighted by atomic mass is 10.0. The van der Waals surface area contributed by atoms with Crippen LogP contribution < -0.4 is 10.6 Å². The van der Waals surface area contributed by atoms with Crippen LogP contribution in [0.3, 0.4) is 0 Å². The molecule has 0 aliphatic carbocycles. The van der Waals surface area contributed by atoms with E-state index in [1.165, 1.54) is 0 Å². The second-order valence-corrected chi connectivity index (χ2v) is 5.34. The van der Waals surface area contributed by atoms with Gasteiger partial charge in [-0.25, -0.2) is 4.98 Å². The van der Waals surface area contributed by atoms with Gasteiger partial charge in [-0.05, 0) is 19.1 Å². The van der Waals surface area contributed by atoms with Gasteiger partial charge in [0.05, 0.1) is 11.6 Å². The number of anilines is 1. The predicted octanol–water partition coefficient (Wildman–Crippen LogP) is 1.70. The minimum absolute atomic E-state index is 0.209. The van der Waals surface area contributed by atoms with E-state index in [0.717, 1.165) is 13.0 Å². The van der Waals surface area contributed by atoms with E-state index in [0.29, 0.717) is 30.6 Å². The zero-order chi connectivity index (χ0) is 15.3. The SMILES string of the molecule is CCNc1ccc(Cl)c(C(=O)NCC2(OC)CCOC2)n1. The summed E-state index contributed by atoms with van der Waals surface area (Å²) in [6.45, 7) is 4.16. The summed E-state index contributed by atoms with van der Waals surface area (Å²) >= 11 is 6.05. The van der Waals surface area contributed by atoms with Crippen LogP contribution in [-0.2, 0) is 9.47 Å². The number of methoxy groups -OCH3 is 1. The second kappa shape index (κ2) is 7.06. The standard InChI is InChI=1S/C14H20ClN3O3/c1-3-16-11-5-4-10(15)12(18-11)13(19)17-8-14(20-2)6-7-21-9-14/h4-5H,3,6-9H2,1-2H3,(H,16,18)(H,17,19). The lowest BCUT2D eigenvalue weighted by molar-refractivity contribution is -0.0149. The van der Waals surface area contributed by atoms with Crippen LogP contribution in [0.2, 0.25) is 5.02 Å². The van der Waals surface area contributed by atoms with Gasteiger partial charge in [-0.2, -0.15) is 0 Å². The summed E-state index contributed by atoms with van der Waals surface area (Å²) in [6.07, 6.45) is 0.752. The van der Waals surface area contributed by atoms with Crippen LogP contribution in [0.4, 0.5) is 5.82 Å². The van der Waals surface area contributed by atoms with E-state index < -0.39 is 5.60 Å². The zero-order valence-corrected chi connectivity index (χ0v) is 13.0. The first-order valence-electron chi connectivity index (χ1n) is 6.92. The molecule has 2 heterocycles. The molecule has 1 aromatic rings. The number of aromatic nitrogens is 1. The number of carbonyl (C=O) groups excluding carboxylic acids is 1. The van der Waals surface area contributed by atoms with Crippen molar-refractivity contribution in [2.24, 2.45) is 0 Å². The van der Waals surface area contributed by atoms with Crippen LogP contribution in [0.15, 0.2) is 12.1 Å². The minimum atomic E-state index is -0.457. The van der Waals surface area contributed by atoms with E-state index in [9.17, 15) is 4.79 Å². The second-order valence-electron chi connectivity index (χ2n) is 4.93. The van der Waals surface area contributed by atoms with E-state index in [2.05, 4.69) is 15.6 Å². The van der Waals surface area contributed by atoms with Gasteiger partial charge in [0.1, 0.15) is 17.1 Å². The maximum Gasteiger partial charge on any atom is 0.271 e. The molecule has 0 spiro atoms. The molecule has 21 heavy (non-hydrogen) atoms. The van der Waals surface area contributed by atoms with Gasteiger partial charge >= 0.3 is 0 Å². The van der Waals surface area contributed by atoms with E-state index in [1.807, 2.05) is 6.92 Å². The fraction of sp³-hybridized carbons (Fsp3) is 0.571. The average Bonchev–Trinajstić information content (AvgIpc) is 2.96. The Hall–Kier alpha value is -1.37. The maximum absolute atomic E-state index is 12.3. The van der Waals surface area contributed by atoms with Crippen LogP contribution in [0.1, 0.15) is 23.8 Å². The first-order chi connectivity index (χ1) is 10.1. The summed E-state index contributed by atoms with van der Waals surface area (Å²) in [4.78, 5) is 16.5. The molecule has 1 aromatic heterocycles. The third-order valence-electron chi connectivity index (χ3n) is 3.49. The Kier molecular flexibility index (Phi) is 5.39. The number of pyridine rings is 1. The Morgan fingerprint density at radius 1 is 1.57 bits per heavy atom. The van der Waals surface area contributed by atoms with Crippen LogP contribution in [-0.4, -0.2) is 49.9 Å². The monoisotopic (exact) mass is 313 g/mol. The van der Waals surface area contributed by atoms with Crippen LogP contribution >= 0.6 is 11.6 Å². The fourth-order valence-electron chi connectivity index (χ4n) is 2.17. The highest BCUT2D eigenvalue weighted by atomic mass is 35.5. The number of ether oxygens (including phenoxy) is 2. The molecule has 2 N–H and O–H groups in total. The van der Waals surface area contributed by atoms with Crippen molar-refractivity contribution in [2.75, 3.05) is 38.7 Å². The molecule has 2 rings (SSSR count). The van der Waals surface area contributed by atoms with Gasteiger partial charge < -0.3 is 20.1 Å². The molecule has 116 valence electrons. The third kappa shape index (κ3) is 3.84. The van der Waals surface area contributed by atoms with Crippen LogP contribution in [0.25, 0.3) is 0 Å². The largest absolute Gasteiger partial charge is 0.378 e. The zero-order valence-electron chi connectivity index (χ0n) is 12.2. The van der Waals surface area contributed by atoms with Gasteiger partial charge in [-0.15, -0.1) is 0 Å². The Bertz CT molecular complexity index is 504. The number of hydrogen-bond donors (Lipinski definition) is 2. The fourth-order valence-corrected chi connectivity index (χ4v) is 2.36. The molecule has 1 saturated heterocycles. The van der Waals surface area contributed by atoms with Crippen molar-refractivity contribution in [3.63, 3.8) is 0 Å². The molecule has 1 unspecified atom stereocenters. The van der Waals surface area contributed by atoms with Crippen molar-refractivity contribution in [3.05, 3.63) is 22.8 Å². The predicted molar refractivity (Wildman–Crippen MR) is 80.9 cm³/mol. The van der Waals surface area contributed by atoms with Crippen molar-refractivity contribution in [3.8, 4) is 0 Å². The van der Waals surface area contributed by atoms with E-state index in [4.69, 9.17) is 21.1 Å². The average molecular weight is 314 g/mol. The summed E-state index contributed by atoms with van der Waals surface area (Å²) in [6, 6.07) is 3.40. The molecular formula is C14H20ClN3O3. The molecule has 1 aliphatic heterocycles. The molecule has 6 nitrogen and oxygen atoms in total. The quantitative estimate of drug-likeness (QED) is 0.836. The number of carbonyl (C=O) groups is 1. The lowest BCUT2D eigenvalue weighted by Crippen LogP contribution is -2.45. The third-order valence-corrected chi connectivity index (χ3v) is 3.80. The van der Waals surface area contributed by atoms with Gasteiger partial charge in [-0.3, -0.25) is 4.79 Å². The number of nitrogens with one attached hydrogen (secondary N) is 2. The smallest absolute Gasteiger partial charge is 0.271 e. The summed E-state index contributed by atoms with van der Waals surface area (Å²) in [5.74, 6) is 0.306. The summed E-state index contributed by atoms with van der Waals surface area (Å²) in [7, 11) is 1.62. The molecule has 7 heteroatoms. The first-order valence-corrected chi connectivity index (χ1v) is 7.29. The maximum atomic E-state index is 12.3. The van der Waals surface area contributed by atoms with Crippen molar-refractivity contribution >= 4 is 23.3 Å². The van der Waals surface area contributed by atoms with E-state index in [1.54, 1.807) is 19.2 Å². The Morgan fingerprint density at radius 2 is 2.38 bits per heavy atom. The Labute approximate surface area is 129 Å². The molecule has 1 atom stereocenters. The van der Waals surface area contributed by atoms with Gasteiger partial charge in [0.25, 0.3) is 5.91 Å². The topological polar surface area (TPSA) is 72.5 Å². The van der Waals surface area contributed by atoms with Gasteiger partial charge in [0.2, 0.25) is 0 Å². The summed E-state index contributed by atoms with van der Waals surface area (Å²) < 4.78 is 10.8. The highest BCUT2D eigenvalue weighted by Gasteiger charge is 2.35. The van der Waals surface area contributed by atoms with Crippen LogP contribution in [0.5, 0.6) is 0 Å². The molecular weight excluding hydrogens is 294 g/mol. The van der Waals surface area contributed by atoms with Gasteiger partial charge in [-0.1, -0.05) is 11.6 Å². The highest BCUT2D eigenvalue weighted by molar-refractivity contribution is 6.33. The minimum Gasteiger partial charge on any atom is -0.378 e. The van der Waals surface area contributed by atoms with Crippen molar-refractivity contribution < 1.29 is 14.3 Å². The lowest BCUT2D eigenvalue weighted by Gasteiger charge is -2.25. The van der Waals surface area contributed by atoms with Gasteiger partial charge in [0, 0.05) is 33.2 Å². The number of nitrogens with zero attached hydrogens (tertiary/aromatic N) is 1. The van der Waals surface area contributed by atoms with Crippen LogP contribution in [0, 0.1) is 0 Å². The van der Waals surface area contributed by atoms with E-state index in [-0.39, 0.29) is 11.6 Å². The molecule has 0 radical (unpaired) electrons. The molecule has 0 aromatic carbocycles. The Balaban J connectivity index is 2.04. The molecule has 0 bridgehead atoms. The van der Waals surface area contributed by atoms with Gasteiger partial charge in [0.15, 0.2) is 0 Å². The Morgan fingerprint density at radius 3 is 3.00 bits per heavy atom.